The molecule has 1 saturated heterocycles. The molecule has 0 spiro atoms. The maximum atomic E-state index is 11.8. The Balaban J connectivity index is 2.35. The van der Waals surface area contributed by atoms with Gasteiger partial charge in [0.2, 0.25) is 5.91 Å². The molecule has 1 heterocycles. The highest BCUT2D eigenvalue weighted by molar-refractivity contribution is 5.89. The standard InChI is InChI=1S/C10H15F3N2O3/c1-7-4-15(3-2-8(7)14-17)9(16)5-18-6-10(11,12)13/h7,17H,2-6H2,1H3. The zero-order valence-electron chi connectivity index (χ0n) is 9.90. The van der Waals surface area contributed by atoms with Crippen LogP contribution >= 0.6 is 0 Å². The molecule has 1 rings (SSSR count). The molecular formula is C10H15F3N2O3. The molecule has 1 amide bonds. The van der Waals surface area contributed by atoms with Crippen LogP contribution in [0.15, 0.2) is 5.16 Å². The second-order valence-corrected chi connectivity index (χ2v) is 4.19. The first kappa shape index (κ1) is 14.7. The molecule has 8 heteroatoms. The number of hydrogen-bond donors (Lipinski definition) is 1. The second kappa shape index (κ2) is 6.03. The predicted octanol–water partition coefficient (Wildman–Crippen LogP) is 1.26. The molecule has 1 aliphatic rings. The van der Waals surface area contributed by atoms with E-state index in [1.54, 1.807) is 6.92 Å². The first-order valence-electron chi connectivity index (χ1n) is 5.46. The molecule has 0 aromatic carbocycles. The molecule has 1 aliphatic heterocycles. The van der Waals surface area contributed by atoms with Crippen LogP contribution in [-0.4, -0.2) is 54.2 Å². The number of likely N-dealkylation sites (tertiary alicyclic amines) is 1. The summed E-state index contributed by atoms with van der Waals surface area (Å²) in [7, 11) is 0. The molecule has 104 valence electrons. The molecule has 0 aliphatic carbocycles. The highest BCUT2D eigenvalue weighted by atomic mass is 19.4. The van der Waals surface area contributed by atoms with E-state index in [-0.39, 0.29) is 5.92 Å². The summed E-state index contributed by atoms with van der Waals surface area (Å²) in [6.45, 7) is 0.430. The number of nitrogens with zero attached hydrogens (tertiary/aromatic N) is 2. The Kier molecular flexibility index (Phi) is 4.94. The van der Waals surface area contributed by atoms with Gasteiger partial charge in [-0.2, -0.15) is 13.2 Å². The number of ether oxygens (including phenoxy) is 1. The van der Waals surface area contributed by atoms with Crippen molar-refractivity contribution in [3.05, 3.63) is 0 Å². The van der Waals surface area contributed by atoms with Gasteiger partial charge in [-0.25, -0.2) is 0 Å². The Labute approximate surface area is 102 Å². The van der Waals surface area contributed by atoms with Crippen LogP contribution in [0.2, 0.25) is 0 Å². The molecule has 0 radical (unpaired) electrons. The Morgan fingerprint density at radius 3 is 2.78 bits per heavy atom. The van der Waals surface area contributed by atoms with E-state index in [0.29, 0.717) is 25.2 Å². The van der Waals surface area contributed by atoms with Gasteiger partial charge in [0.1, 0.15) is 13.2 Å². The lowest BCUT2D eigenvalue weighted by atomic mass is 9.98. The summed E-state index contributed by atoms with van der Waals surface area (Å²) in [5.41, 5.74) is 0.593. The smallest absolute Gasteiger partial charge is 0.411 e. The highest BCUT2D eigenvalue weighted by Gasteiger charge is 2.29. The van der Waals surface area contributed by atoms with Gasteiger partial charge in [0, 0.05) is 25.4 Å². The van der Waals surface area contributed by atoms with E-state index in [9.17, 15) is 18.0 Å². The molecule has 0 aromatic heterocycles. The van der Waals surface area contributed by atoms with Crippen molar-refractivity contribution < 1.29 is 27.9 Å². The van der Waals surface area contributed by atoms with Gasteiger partial charge >= 0.3 is 6.18 Å². The van der Waals surface area contributed by atoms with Crippen LogP contribution in [0.25, 0.3) is 0 Å². The highest BCUT2D eigenvalue weighted by Crippen LogP contribution is 2.16. The van der Waals surface area contributed by atoms with E-state index in [1.165, 1.54) is 4.90 Å². The maximum absolute atomic E-state index is 11.8. The van der Waals surface area contributed by atoms with Crippen LogP contribution in [0.4, 0.5) is 13.2 Å². The van der Waals surface area contributed by atoms with Crippen molar-refractivity contribution in [2.24, 2.45) is 11.1 Å². The van der Waals surface area contributed by atoms with E-state index < -0.39 is 25.3 Å². The molecule has 5 nitrogen and oxygen atoms in total. The zero-order chi connectivity index (χ0) is 13.8. The average Bonchev–Trinajstić information content (AvgIpc) is 2.27. The van der Waals surface area contributed by atoms with Crippen molar-refractivity contribution in [2.75, 3.05) is 26.3 Å². The van der Waals surface area contributed by atoms with Crippen molar-refractivity contribution in [1.29, 1.82) is 0 Å². The van der Waals surface area contributed by atoms with Gasteiger partial charge in [0.05, 0.1) is 5.71 Å². The Morgan fingerprint density at radius 2 is 2.28 bits per heavy atom. The van der Waals surface area contributed by atoms with Crippen molar-refractivity contribution in [3.8, 4) is 0 Å². The van der Waals surface area contributed by atoms with Gasteiger partial charge in [-0.1, -0.05) is 12.1 Å². The molecule has 18 heavy (non-hydrogen) atoms. The third-order valence-electron chi connectivity index (χ3n) is 2.67. The van der Waals surface area contributed by atoms with E-state index in [1.807, 2.05) is 0 Å². The minimum Gasteiger partial charge on any atom is -0.411 e. The summed E-state index contributed by atoms with van der Waals surface area (Å²) in [5, 5.41) is 11.8. The van der Waals surface area contributed by atoms with Crippen LogP contribution in [0, 0.1) is 5.92 Å². The number of oxime groups is 1. The number of halogens is 3. The molecule has 1 fully saturated rings. The van der Waals surface area contributed by atoms with Crippen LogP contribution in [0.5, 0.6) is 0 Å². The topological polar surface area (TPSA) is 62.1 Å². The fourth-order valence-corrected chi connectivity index (χ4v) is 1.74. The average molecular weight is 268 g/mol. The quantitative estimate of drug-likeness (QED) is 0.619. The largest absolute Gasteiger partial charge is 0.411 e. The number of carbonyl (C=O) groups excluding carboxylic acids is 1. The van der Waals surface area contributed by atoms with Crippen molar-refractivity contribution in [1.82, 2.24) is 4.90 Å². The van der Waals surface area contributed by atoms with Crippen molar-refractivity contribution >= 4 is 11.6 Å². The van der Waals surface area contributed by atoms with E-state index in [0.717, 1.165) is 0 Å². The summed E-state index contributed by atoms with van der Waals surface area (Å²) in [6, 6.07) is 0. The normalized spacial score (nSPS) is 23.4. The number of alkyl halides is 3. The van der Waals surface area contributed by atoms with Gasteiger partial charge in [-0.05, 0) is 0 Å². The van der Waals surface area contributed by atoms with E-state index in [4.69, 9.17) is 5.21 Å². The monoisotopic (exact) mass is 268 g/mol. The SMILES string of the molecule is CC1CN(C(=O)COCC(F)(F)F)CCC1=NO. The van der Waals surface area contributed by atoms with Crippen LogP contribution < -0.4 is 0 Å². The Hall–Kier alpha value is -1.31. The second-order valence-electron chi connectivity index (χ2n) is 4.19. The van der Waals surface area contributed by atoms with Gasteiger partial charge in [0.25, 0.3) is 0 Å². The fourth-order valence-electron chi connectivity index (χ4n) is 1.74. The summed E-state index contributed by atoms with van der Waals surface area (Å²) < 4.78 is 39.7. The first-order chi connectivity index (χ1) is 8.33. The van der Waals surface area contributed by atoms with E-state index >= 15 is 0 Å². The van der Waals surface area contributed by atoms with Crippen LogP contribution in [-0.2, 0) is 9.53 Å². The lowest BCUT2D eigenvalue weighted by Crippen LogP contribution is -2.45. The van der Waals surface area contributed by atoms with Gasteiger partial charge in [0.15, 0.2) is 0 Å². The molecule has 0 bridgehead atoms. The summed E-state index contributed by atoms with van der Waals surface area (Å²) in [4.78, 5) is 13.0. The van der Waals surface area contributed by atoms with E-state index in [2.05, 4.69) is 9.89 Å². The number of piperidine rings is 1. The van der Waals surface area contributed by atoms with Crippen molar-refractivity contribution in [3.63, 3.8) is 0 Å². The third-order valence-corrected chi connectivity index (χ3v) is 2.67. The maximum Gasteiger partial charge on any atom is 0.411 e. The predicted molar refractivity (Wildman–Crippen MR) is 56.5 cm³/mol. The molecular weight excluding hydrogens is 253 g/mol. The Bertz CT molecular complexity index is 331. The Morgan fingerprint density at radius 1 is 1.61 bits per heavy atom. The number of rotatable bonds is 3. The fraction of sp³-hybridized carbons (Fsp3) is 0.800. The van der Waals surface area contributed by atoms with Crippen LogP contribution in [0.3, 0.4) is 0 Å². The minimum atomic E-state index is -4.42. The number of carbonyl (C=O) groups is 1. The zero-order valence-corrected chi connectivity index (χ0v) is 9.90. The van der Waals surface area contributed by atoms with Gasteiger partial charge in [-0.3, -0.25) is 4.79 Å². The lowest BCUT2D eigenvalue weighted by molar-refractivity contribution is -0.178. The van der Waals surface area contributed by atoms with Gasteiger partial charge < -0.3 is 14.8 Å². The number of amides is 1. The molecule has 0 saturated carbocycles. The van der Waals surface area contributed by atoms with Gasteiger partial charge in [-0.15, -0.1) is 0 Å². The van der Waals surface area contributed by atoms with Crippen LogP contribution in [0.1, 0.15) is 13.3 Å². The molecule has 1 atom stereocenters. The van der Waals surface area contributed by atoms with Crippen molar-refractivity contribution in [2.45, 2.75) is 19.5 Å². The molecule has 1 unspecified atom stereocenters. The molecule has 0 aromatic rings. The summed E-state index contributed by atoms with van der Waals surface area (Å²) in [6.07, 6.45) is -4.01. The lowest BCUT2D eigenvalue weighted by Gasteiger charge is -2.31. The summed E-state index contributed by atoms with van der Waals surface area (Å²) >= 11 is 0. The first-order valence-corrected chi connectivity index (χ1v) is 5.46. The number of hydrogen-bond acceptors (Lipinski definition) is 4. The molecule has 1 N–H and O–H groups in total. The third kappa shape index (κ3) is 4.52. The minimum absolute atomic E-state index is 0.102. The summed E-state index contributed by atoms with van der Waals surface area (Å²) in [5.74, 6) is -0.585.